The molecule has 0 saturated carbocycles. The molecule has 0 saturated heterocycles. The molecule has 0 unspecified atom stereocenters. The second-order valence-corrected chi connectivity index (χ2v) is 14.7. The Morgan fingerprint density at radius 1 is 0.456 bits per heavy atom. The molecule has 0 aliphatic heterocycles. The van der Waals surface area contributed by atoms with Gasteiger partial charge in [0.15, 0.2) is 17.5 Å². The number of allylic oxidation sites excluding steroid dienone is 4. The second-order valence-electron chi connectivity index (χ2n) is 14.7. The fourth-order valence-corrected chi connectivity index (χ4v) is 8.69. The van der Waals surface area contributed by atoms with Gasteiger partial charge in [0.1, 0.15) is 22.3 Å². The highest BCUT2D eigenvalue weighted by Crippen LogP contribution is 2.43. The van der Waals surface area contributed by atoms with Crippen molar-refractivity contribution in [3.05, 3.63) is 176 Å². The number of benzene rings is 7. The Morgan fingerprint density at radius 2 is 1.11 bits per heavy atom. The maximum atomic E-state index is 6.58. The molecule has 12 rings (SSSR count). The van der Waals surface area contributed by atoms with Crippen LogP contribution in [-0.2, 0) is 0 Å². The van der Waals surface area contributed by atoms with Crippen LogP contribution in [0.3, 0.4) is 0 Å². The molecule has 0 N–H and O–H groups in total. The number of rotatable bonds is 5. The summed E-state index contributed by atoms with van der Waals surface area (Å²) in [5.74, 6) is 1.91. The van der Waals surface area contributed by atoms with Crippen molar-refractivity contribution in [3.8, 4) is 39.6 Å². The first kappa shape index (κ1) is 31.7. The van der Waals surface area contributed by atoms with E-state index < -0.39 is 0 Å². The van der Waals surface area contributed by atoms with E-state index in [4.69, 9.17) is 23.8 Å². The lowest BCUT2D eigenvalue weighted by Crippen LogP contribution is -2.04. The monoisotopic (exact) mass is 732 g/mol. The third-order valence-corrected chi connectivity index (χ3v) is 11.3. The van der Waals surface area contributed by atoms with Gasteiger partial charge in [-0.1, -0.05) is 121 Å². The van der Waals surface area contributed by atoms with Crippen molar-refractivity contribution in [2.45, 2.75) is 12.8 Å². The van der Waals surface area contributed by atoms with Gasteiger partial charge in [0.05, 0.1) is 22.1 Å². The third kappa shape index (κ3) is 5.00. The van der Waals surface area contributed by atoms with Crippen molar-refractivity contribution >= 4 is 71.3 Å². The Morgan fingerprint density at radius 3 is 1.95 bits per heavy atom. The van der Waals surface area contributed by atoms with Gasteiger partial charge in [0.25, 0.3) is 0 Å². The highest BCUT2D eigenvalue weighted by molar-refractivity contribution is 6.18. The molecule has 268 valence electrons. The summed E-state index contributed by atoms with van der Waals surface area (Å²) in [6.07, 6.45) is 8.20. The first-order valence-corrected chi connectivity index (χ1v) is 19.3. The SMILES string of the molecule is C1=CCCC(c2nc(-c3ccc4c(c3)oc3ccccc34)nc(-c3ccc4c5ccccc5n(-c5cccc6oc7cccc(-c8ccccc8)c7c56)c4c3)n2)=C1. The average molecular weight is 733 g/mol. The highest BCUT2D eigenvalue weighted by atomic mass is 16.3. The van der Waals surface area contributed by atoms with Crippen LogP contribution in [0.25, 0.3) is 111 Å². The van der Waals surface area contributed by atoms with E-state index in [-0.39, 0.29) is 0 Å². The second kappa shape index (κ2) is 12.5. The van der Waals surface area contributed by atoms with Crippen LogP contribution < -0.4 is 0 Å². The van der Waals surface area contributed by atoms with Crippen molar-refractivity contribution in [1.29, 1.82) is 0 Å². The largest absolute Gasteiger partial charge is 0.456 e. The van der Waals surface area contributed by atoms with Crippen LogP contribution in [0.1, 0.15) is 18.7 Å². The summed E-state index contributed by atoms with van der Waals surface area (Å²) < 4.78 is 15.2. The number of furan rings is 2. The van der Waals surface area contributed by atoms with Crippen molar-refractivity contribution in [2.75, 3.05) is 0 Å². The minimum Gasteiger partial charge on any atom is -0.456 e. The van der Waals surface area contributed by atoms with Crippen molar-refractivity contribution in [1.82, 2.24) is 19.5 Å². The smallest absolute Gasteiger partial charge is 0.164 e. The molecule has 4 heterocycles. The molecule has 0 radical (unpaired) electrons. The number of fused-ring (bicyclic) bond motifs is 9. The standard InChI is InChI=1S/C51H32N4O2/c1-3-13-31(14-4-1)35-19-11-23-44-47(35)48-41(21-12-24-45(48)57-44)55-40-20-9-7-17-36(40)37-27-25-33(29-42(37)55)50-52-49(32-15-5-2-6-16-32)53-51(54-50)34-26-28-39-38-18-8-10-22-43(38)56-46(39)30-34/h1-5,7-15,17-30H,6,16H2. The van der Waals surface area contributed by atoms with Crippen LogP contribution in [0, 0.1) is 0 Å². The summed E-state index contributed by atoms with van der Waals surface area (Å²) in [6, 6.07) is 52.8. The lowest BCUT2D eigenvalue weighted by atomic mass is 9.99. The van der Waals surface area contributed by atoms with Crippen LogP contribution in [0.5, 0.6) is 0 Å². The van der Waals surface area contributed by atoms with Gasteiger partial charge < -0.3 is 13.4 Å². The summed E-state index contributed by atoms with van der Waals surface area (Å²) in [7, 11) is 0. The topological polar surface area (TPSA) is 69.9 Å². The molecule has 1 aliphatic rings. The summed E-state index contributed by atoms with van der Waals surface area (Å²) in [6.45, 7) is 0. The van der Waals surface area contributed by atoms with E-state index in [1.54, 1.807) is 0 Å². The zero-order valence-corrected chi connectivity index (χ0v) is 30.7. The van der Waals surface area contributed by atoms with Gasteiger partial charge in [0, 0.05) is 38.1 Å². The molecule has 0 atom stereocenters. The van der Waals surface area contributed by atoms with E-state index in [1.165, 1.54) is 5.39 Å². The molecule has 0 amide bonds. The average Bonchev–Trinajstić information content (AvgIpc) is 3.96. The van der Waals surface area contributed by atoms with Crippen molar-refractivity contribution in [2.24, 2.45) is 0 Å². The normalized spacial score (nSPS) is 13.2. The van der Waals surface area contributed by atoms with Gasteiger partial charge in [-0.15, -0.1) is 0 Å². The maximum Gasteiger partial charge on any atom is 0.164 e. The van der Waals surface area contributed by atoms with E-state index in [0.717, 1.165) is 107 Å². The molecule has 1 aliphatic carbocycles. The number of hydrogen-bond donors (Lipinski definition) is 0. The van der Waals surface area contributed by atoms with Crippen LogP contribution in [0.4, 0.5) is 0 Å². The predicted molar refractivity (Wildman–Crippen MR) is 231 cm³/mol. The third-order valence-electron chi connectivity index (χ3n) is 11.3. The number of aromatic nitrogens is 4. The summed E-state index contributed by atoms with van der Waals surface area (Å²) in [5.41, 5.74) is 11.7. The maximum absolute atomic E-state index is 6.58. The van der Waals surface area contributed by atoms with E-state index in [9.17, 15) is 0 Å². The molecule has 0 spiro atoms. The molecule has 57 heavy (non-hydrogen) atoms. The molecule has 0 fully saturated rings. The lowest BCUT2D eigenvalue weighted by molar-refractivity contribution is 0.668. The van der Waals surface area contributed by atoms with Gasteiger partial charge in [-0.25, -0.2) is 15.0 Å². The minimum absolute atomic E-state index is 0.608. The van der Waals surface area contributed by atoms with E-state index in [1.807, 2.05) is 24.3 Å². The van der Waals surface area contributed by atoms with Gasteiger partial charge in [-0.3, -0.25) is 0 Å². The number of para-hydroxylation sites is 2. The van der Waals surface area contributed by atoms with Gasteiger partial charge in [0.2, 0.25) is 0 Å². The van der Waals surface area contributed by atoms with Crippen LogP contribution in [0.2, 0.25) is 0 Å². The molecule has 4 aromatic heterocycles. The molecule has 6 heteroatoms. The highest BCUT2D eigenvalue weighted by Gasteiger charge is 2.22. The first-order valence-electron chi connectivity index (χ1n) is 19.3. The Hall–Kier alpha value is -7.57. The molecular weight excluding hydrogens is 701 g/mol. The Kier molecular flexibility index (Phi) is 6.95. The van der Waals surface area contributed by atoms with Crippen LogP contribution >= 0.6 is 0 Å². The molecule has 7 aromatic carbocycles. The van der Waals surface area contributed by atoms with Crippen molar-refractivity contribution in [3.63, 3.8) is 0 Å². The quantitative estimate of drug-likeness (QED) is 0.176. The molecular formula is C51H32N4O2. The van der Waals surface area contributed by atoms with Gasteiger partial charge >= 0.3 is 0 Å². The van der Waals surface area contributed by atoms with E-state index in [2.05, 4.69) is 150 Å². The van der Waals surface area contributed by atoms with Crippen LogP contribution in [-0.4, -0.2) is 19.5 Å². The number of nitrogens with zero attached hydrogens (tertiary/aromatic N) is 4. The fraction of sp³-hybridized carbons (Fsp3) is 0.0392. The number of hydrogen-bond acceptors (Lipinski definition) is 5. The first-order chi connectivity index (χ1) is 28.2. The zero-order chi connectivity index (χ0) is 37.5. The molecule has 0 bridgehead atoms. The molecule has 6 nitrogen and oxygen atoms in total. The Balaban J connectivity index is 1.10. The fourth-order valence-electron chi connectivity index (χ4n) is 8.69. The Bertz CT molecular complexity index is 3470. The van der Waals surface area contributed by atoms with Crippen molar-refractivity contribution < 1.29 is 8.83 Å². The minimum atomic E-state index is 0.608. The lowest BCUT2D eigenvalue weighted by Gasteiger charge is -2.13. The van der Waals surface area contributed by atoms with E-state index in [0.29, 0.717) is 17.5 Å². The van der Waals surface area contributed by atoms with Crippen LogP contribution in [0.15, 0.2) is 179 Å². The predicted octanol–water partition coefficient (Wildman–Crippen LogP) is 13.5. The Labute approximate surface area is 326 Å². The summed E-state index contributed by atoms with van der Waals surface area (Å²) in [4.78, 5) is 15.4. The van der Waals surface area contributed by atoms with E-state index >= 15 is 0 Å². The zero-order valence-electron chi connectivity index (χ0n) is 30.7. The summed E-state index contributed by atoms with van der Waals surface area (Å²) >= 11 is 0. The van der Waals surface area contributed by atoms with Gasteiger partial charge in [-0.05, 0) is 78.1 Å². The van der Waals surface area contributed by atoms with Gasteiger partial charge in [-0.2, -0.15) is 0 Å². The molecule has 11 aromatic rings. The summed E-state index contributed by atoms with van der Waals surface area (Å²) in [5, 5.41) is 6.64.